The number of hydrogen-bond acceptors (Lipinski definition) is 6. The van der Waals surface area contributed by atoms with Gasteiger partial charge in [0.2, 0.25) is 5.12 Å². The van der Waals surface area contributed by atoms with Crippen LogP contribution in [-0.4, -0.2) is 15.5 Å². The normalized spacial score (nSPS) is 15.6. The summed E-state index contributed by atoms with van der Waals surface area (Å²) in [5, 5.41) is 10.6. The van der Waals surface area contributed by atoms with Gasteiger partial charge in [-0.05, 0) is 34.5 Å². The van der Waals surface area contributed by atoms with E-state index in [4.69, 9.17) is 0 Å². The minimum atomic E-state index is -1.22. The van der Waals surface area contributed by atoms with Gasteiger partial charge < -0.3 is 9.90 Å². The fourth-order valence-electron chi connectivity index (χ4n) is 2.04. The summed E-state index contributed by atoms with van der Waals surface area (Å²) in [4.78, 5) is 27.1. The van der Waals surface area contributed by atoms with Crippen LogP contribution in [0.4, 0.5) is 0 Å². The van der Waals surface area contributed by atoms with Crippen molar-refractivity contribution in [3.8, 4) is 0 Å². The largest absolute Gasteiger partial charge is 0.545 e. The summed E-state index contributed by atoms with van der Waals surface area (Å²) in [5.74, 6) is -0.465. The fraction of sp³-hybridized carbons (Fsp3) is 0.0556. The molecule has 6 heteroatoms. The van der Waals surface area contributed by atoms with E-state index in [9.17, 15) is 14.7 Å². The van der Waals surface area contributed by atoms with E-state index in [1.807, 2.05) is 30.3 Å². The molecule has 0 saturated carbocycles. The third-order valence-corrected chi connectivity index (χ3v) is 5.34. The van der Waals surface area contributed by atoms with Crippen molar-refractivity contribution in [2.45, 2.75) is 5.75 Å². The number of thioether (sulfide) groups is 2. The standard InChI is InChI=1S/C18H13NO3S2/c20-16(21)14-8-6-12(7-9-14)10-15-17(22)24-18(19-15)23-11-13-4-2-1-3-5-13/h1-10H,11H2,(H,20,21)/p-1/b15-10+. The molecule has 0 radical (unpaired) electrons. The number of hydrogen-bond donors (Lipinski definition) is 0. The Balaban J connectivity index is 1.70. The molecular formula is C18H12NO3S2-. The highest BCUT2D eigenvalue weighted by Gasteiger charge is 2.22. The van der Waals surface area contributed by atoms with Crippen LogP contribution in [-0.2, 0) is 10.5 Å². The summed E-state index contributed by atoms with van der Waals surface area (Å²) in [6, 6.07) is 16.1. The van der Waals surface area contributed by atoms with Crippen LogP contribution in [0.1, 0.15) is 21.5 Å². The van der Waals surface area contributed by atoms with Gasteiger partial charge in [0.05, 0.1) is 5.97 Å². The first kappa shape index (κ1) is 16.5. The van der Waals surface area contributed by atoms with E-state index in [-0.39, 0.29) is 10.7 Å². The fourth-order valence-corrected chi connectivity index (χ4v) is 3.84. The molecule has 0 N–H and O–H groups in total. The first-order valence-electron chi connectivity index (χ1n) is 7.12. The van der Waals surface area contributed by atoms with Gasteiger partial charge in [0.15, 0.2) is 0 Å². The molecule has 0 atom stereocenters. The lowest BCUT2D eigenvalue weighted by molar-refractivity contribution is -0.255. The van der Waals surface area contributed by atoms with E-state index < -0.39 is 5.97 Å². The van der Waals surface area contributed by atoms with E-state index >= 15 is 0 Å². The third kappa shape index (κ3) is 4.15. The highest BCUT2D eigenvalue weighted by atomic mass is 32.2. The zero-order valence-corrected chi connectivity index (χ0v) is 14.1. The average molecular weight is 354 g/mol. The van der Waals surface area contributed by atoms with E-state index in [0.717, 1.165) is 27.5 Å². The monoisotopic (exact) mass is 354 g/mol. The molecule has 2 aromatic carbocycles. The van der Waals surface area contributed by atoms with Crippen LogP contribution in [0.3, 0.4) is 0 Å². The number of carbonyl (C=O) groups is 2. The molecule has 0 spiro atoms. The quantitative estimate of drug-likeness (QED) is 0.790. The molecule has 24 heavy (non-hydrogen) atoms. The lowest BCUT2D eigenvalue weighted by Gasteiger charge is -2.01. The molecule has 1 aliphatic heterocycles. The lowest BCUT2D eigenvalue weighted by atomic mass is 10.1. The Hall–Kier alpha value is -2.31. The molecule has 0 aromatic heterocycles. The first-order chi connectivity index (χ1) is 11.6. The number of aliphatic imine (C=N–C) groups is 1. The molecule has 0 saturated heterocycles. The second kappa shape index (κ2) is 7.51. The second-order valence-corrected chi connectivity index (χ2v) is 7.16. The van der Waals surface area contributed by atoms with Gasteiger partial charge in [0, 0.05) is 5.75 Å². The van der Waals surface area contributed by atoms with Gasteiger partial charge in [0.1, 0.15) is 10.1 Å². The molecule has 0 amide bonds. The van der Waals surface area contributed by atoms with E-state index in [1.165, 1.54) is 29.5 Å². The Morgan fingerprint density at radius 2 is 1.83 bits per heavy atom. The number of carboxylic acid groups (broad SMARTS) is 1. The van der Waals surface area contributed by atoms with Gasteiger partial charge in [-0.25, -0.2) is 4.99 Å². The highest BCUT2D eigenvalue weighted by molar-refractivity contribution is 8.45. The third-order valence-electron chi connectivity index (χ3n) is 3.26. The van der Waals surface area contributed by atoms with Crippen molar-refractivity contribution < 1.29 is 14.7 Å². The van der Waals surface area contributed by atoms with Crippen molar-refractivity contribution in [3.05, 3.63) is 77.0 Å². The Labute approximate surface area is 147 Å². The molecule has 3 rings (SSSR count). The van der Waals surface area contributed by atoms with Crippen molar-refractivity contribution in [1.82, 2.24) is 0 Å². The van der Waals surface area contributed by atoms with Crippen LogP contribution in [0, 0.1) is 0 Å². The van der Waals surface area contributed by atoms with Crippen LogP contribution in [0.25, 0.3) is 6.08 Å². The molecule has 0 fully saturated rings. The summed E-state index contributed by atoms with van der Waals surface area (Å²) in [7, 11) is 0. The molecular weight excluding hydrogens is 342 g/mol. The maximum absolute atomic E-state index is 12.0. The summed E-state index contributed by atoms with van der Waals surface area (Å²) in [5.41, 5.74) is 2.37. The number of carbonyl (C=O) groups excluding carboxylic acids is 2. The molecule has 1 aliphatic rings. The lowest BCUT2D eigenvalue weighted by Crippen LogP contribution is -2.21. The summed E-state index contributed by atoms with van der Waals surface area (Å²) in [6.07, 6.45) is 1.66. The van der Waals surface area contributed by atoms with Crippen LogP contribution < -0.4 is 5.11 Å². The Bertz CT molecular complexity index is 827. The molecule has 120 valence electrons. The predicted octanol–water partition coefficient (Wildman–Crippen LogP) is 2.95. The second-order valence-electron chi connectivity index (χ2n) is 4.98. The van der Waals surface area contributed by atoms with Gasteiger partial charge in [-0.15, -0.1) is 0 Å². The van der Waals surface area contributed by atoms with Crippen LogP contribution in [0.2, 0.25) is 0 Å². The zero-order chi connectivity index (χ0) is 16.9. The summed E-state index contributed by atoms with van der Waals surface area (Å²) < 4.78 is 0.724. The van der Waals surface area contributed by atoms with Gasteiger partial charge in [-0.1, -0.05) is 66.4 Å². The number of carboxylic acids is 1. The van der Waals surface area contributed by atoms with Crippen LogP contribution in [0.15, 0.2) is 65.3 Å². The van der Waals surface area contributed by atoms with Gasteiger partial charge in [0.25, 0.3) is 0 Å². The Morgan fingerprint density at radius 1 is 1.12 bits per heavy atom. The maximum atomic E-state index is 12.0. The summed E-state index contributed by atoms with van der Waals surface area (Å²) >= 11 is 2.65. The number of benzene rings is 2. The summed E-state index contributed by atoms with van der Waals surface area (Å²) in [6.45, 7) is 0. The number of nitrogens with zero attached hydrogens (tertiary/aromatic N) is 1. The van der Waals surface area contributed by atoms with Gasteiger partial charge >= 0.3 is 0 Å². The van der Waals surface area contributed by atoms with E-state index in [0.29, 0.717) is 5.70 Å². The average Bonchev–Trinajstić information content (AvgIpc) is 2.94. The van der Waals surface area contributed by atoms with Gasteiger partial charge in [-0.3, -0.25) is 4.79 Å². The SMILES string of the molecule is O=C1SC(SCc2ccccc2)=N/C1=C/c1ccc(C(=O)[O-])cc1. The van der Waals surface area contributed by atoms with Crippen molar-refractivity contribution in [2.75, 3.05) is 0 Å². The maximum Gasteiger partial charge on any atom is 0.244 e. The predicted molar refractivity (Wildman–Crippen MR) is 96.5 cm³/mol. The molecule has 2 aromatic rings. The van der Waals surface area contributed by atoms with Crippen molar-refractivity contribution in [3.63, 3.8) is 0 Å². The van der Waals surface area contributed by atoms with E-state index in [2.05, 4.69) is 4.99 Å². The minimum Gasteiger partial charge on any atom is -0.545 e. The van der Waals surface area contributed by atoms with E-state index in [1.54, 1.807) is 18.2 Å². The van der Waals surface area contributed by atoms with Crippen molar-refractivity contribution in [1.29, 1.82) is 0 Å². The first-order valence-corrected chi connectivity index (χ1v) is 8.93. The minimum absolute atomic E-state index is 0.102. The Morgan fingerprint density at radius 3 is 2.50 bits per heavy atom. The van der Waals surface area contributed by atoms with Crippen LogP contribution >= 0.6 is 23.5 Å². The smallest absolute Gasteiger partial charge is 0.244 e. The molecule has 1 heterocycles. The Kier molecular flexibility index (Phi) is 5.17. The molecule has 0 bridgehead atoms. The molecule has 0 aliphatic carbocycles. The molecule has 0 unspecified atom stereocenters. The van der Waals surface area contributed by atoms with Crippen molar-refractivity contribution >= 4 is 45.1 Å². The van der Waals surface area contributed by atoms with Crippen LogP contribution in [0.5, 0.6) is 0 Å². The topological polar surface area (TPSA) is 69.6 Å². The van der Waals surface area contributed by atoms with Crippen molar-refractivity contribution in [2.24, 2.45) is 4.99 Å². The highest BCUT2D eigenvalue weighted by Crippen LogP contribution is 2.32. The molecule has 4 nitrogen and oxygen atoms in total. The number of aromatic carboxylic acids is 1. The zero-order valence-electron chi connectivity index (χ0n) is 12.5. The number of rotatable bonds is 4. The van der Waals surface area contributed by atoms with Gasteiger partial charge in [-0.2, -0.15) is 0 Å².